The van der Waals surface area contributed by atoms with Crippen LogP contribution in [-0.2, 0) is 0 Å². The van der Waals surface area contributed by atoms with E-state index in [-0.39, 0.29) is 5.91 Å². The van der Waals surface area contributed by atoms with Gasteiger partial charge in [-0.25, -0.2) is 4.99 Å². The van der Waals surface area contributed by atoms with E-state index in [1.54, 1.807) is 11.3 Å². The van der Waals surface area contributed by atoms with E-state index in [0.29, 0.717) is 24.5 Å². The van der Waals surface area contributed by atoms with Gasteiger partial charge in [0.25, 0.3) is 5.91 Å². The topological polar surface area (TPSA) is 74.0 Å². The second-order valence-electron chi connectivity index (χ2n) is 9.19. The molecule has 37 heavy (non-hydrogen) atoms. The summed E-state index contributed by atoms with van der Waals surface area (Å²) in [5, 5.41) is 5.48. The van der Waals surface area contributed by atoms with E-state index >= 15 is 0 Å². The number of carbonyl (C=O) groups excluding carboxylic acids is 1. The fraction of sp³-hybridized carbons (Fsp3) is 0.200. The molecule has 0 aliphatic carbocycles. The Morgan fingerprint density at radius 3 is 2.32 bits per heavy atom. The fourth-order valence-electron chi connectivity index (χ4n) is 4.50. The summed E-state index contributed by atoms with van der Waals surface area (Å²) < 4.78 is 0. The number of piperazine rings is 1. The van der Waals surface area contributed by atoms with Crippen molar-refractivity contribution >= 4 is 45.8 Å². The number of nitrogens with one attached hydrogen (secondary N) is 1. The van der Waals surface area contributed by atoms with Crippen molar-refractivity contribution in [1.29, 1.82) is 0 Å². The zero-order valence-corrected chi connectivity index (χ0v) is 22.0. The van der Waals surface area contributed by atoms with E-state index in [1.807, 2.05) is 64.9 Å². The lowest BCUT2D eigenvalue weighted by Gasteiger charge is -2.36. The van der Waals surface area contributed by atoms with E-state index in [4.69, 9.17) is 5.73 Å². The van der Waals surface area contributed by atoms with Crippen LogP contribution in [-0.4, -0.2) is 42.8 Å². The van der Waals surface area contributed by atoms with Gasteiger partial charge in [0.05, 0.1) is 21.8 Å². The first-order chi connectivity index (χ1) is 18.0. The van der Waals surface area contributed by atoms with Crippen LogP contribution in [0.15, 0.2) is 89.2 Å². The highest BCUT2D eigenvalue weighted by Crippen LogP contribution is 2.27. The SMILES string of the molecule is Cc1cccc(Nc2ccccc2C(=O)N2CCN(c3ccc(/N=C(\N)c4cccs4)cc3)CC2)c1C. The molecule has 1 aromatic heterocycles. The molecule has 3 N–H and O–H groups in total. The molecular weight excluding hydrogens is 478 g/mol. The van der Waals surface area contributed by atoms with Crippen molar-refractivity contribution < 1.29 is 4.79 Å². The van der Waals surface area contributed by atoms with Crippen LogP contribution >= 0.6 is 11.3 Å². The van der Waals surface area contributed by atoms with Gasteiger partial charge in [0, 0.05) is 37.6 Å². The Morgan fingerprint density at radius 2 is 1.59 bits per heavy atom. The third-order valence-corrected chi connectivity index (χ3v) is 7.73. The molecule has 0 saturated carbocycles. The zero-order valence-electron chi connectivity index (χ0n) is 21.1. The minimum absolute atomic E-state index is 0.0572. The number of nitrogens with zero attached hydrogens (tertiary/aromatic N) is 3. The highest BCUT2D eigenvalue weighted by atomic mass is 32.1. The average Bonchev–Trinajstić information content (AvgIpc) is 3.47. The number of para-hydroxylation sites is 1. The monoisotopic (exact) mass is 509 g/mol. The number of hydrogen-bond donors (Lipinski definition) is 2. The quantitative estimate of drug-likeness (QED) is 0.243. The van der Waals surface area contributed by atoms with Gasteiger partial charge in [-0.2, -0.15) is 0 Å². The first-order valence-corrected chi connectivity index (χ1v) is 13.3. The third kappa shape index (κ3) is 5.52. The Hall–Kier alpha value is -4.10. The summed E-state index contributed by atoms with van der Waals surface area (Å²) in [6.45, 7) is 7.08. The zero-order chi connectivity index (χ0) is 25.8. The Labute approximate surface area is 222 Å². The molecule has 6 nitrogen and oxygen atoms in total. The van der Waals surface area contributed by atoms with Gasteiger partial charge in [-0.05, 0) is 78.9 Å². The van der Waals surface area contributed by atoms with E-state index in [2.05, 4.69) is 53.3 Å². The smallest absolute Gasteiger partial charge is 0.256 e. The first kappa shape index (κ1) is 24.6. The summed E-state index contributed by atoms with van der Waals surface area (Å²) in [5.41, 5.74) is 13.0. The summed E-state index contributed by atoms with van der Waals surface area (Å²) in [4.78, 5) is 23.2. The number of nitrogens with two attached hydrogens (primary N) is 1. The van der Waals surface area contributed by atoms with Crippen LogP contribution in [0, 0.1) is 13.8 Å². The minimum atomic E-state index is 0.0572. The van der Waals surface area contributed by atoms with E-state index in [1.165, 1.54) is 11.1 Å². The Bertz CT molecular complexity index is 1400. The van der Waals surface area contributed by atoms with Gasteiger partial charge in [0.1, 0.15) is 5.84 Å². The molecule has 4 aromatic rings. The molecule has 1 fully saturated rings. The predicted molar refractivity (Wildman–Crippen MR) is 155 cm³/mol. The predicted octanol–water partition coefficient (Wildman–Crippen LogP) is 6.11. The molecular formula is C30H31N5OS. The molecule has 1 aliphatic rings. The standard InChI is InChI=1S/C30H31N5OS/c1-21-7-5-10-26(22(21)2)33-27-9-4-3-8-25(27)30(36)35-18-16-34(17-19-35)24-14-12-23(13-15-24)32-29(31)28-11-6-20-37-28/h3-15,20,33H,16-19H2,1-2H3,(H2,31,32). The number of aryl methyl sites for hydroxylation is 1. The van der Waals surface area contributed by atoms with E-state index in [0.717, 1.165) is 40.7 Å². The molecule has 1 saturated heterocycles. The van der Waals surface area contributed by atoms with Crippen LogP contribution in [0.1, 0.15) is 26.4 Å². The largest absolute Gasteiger partial charge is 0.383 e. The van der Waals surface area contributed by atoms with Crippen LogP contribution in [0.4, 0.5) is 22.7 Å². The van der Waals surface area contributed by atoms with Crippen LogP contribution < -0.4 is 16.0 Å². The Morgan fingerprint density at radius 1 is 0.865 bits per heavy atom. The van der Waals surface area contributed by atoms with Crippen LogP contribution in [0.2, 0.25) is 0 Å². The van der Waals surface area contributed by atoms with Crippen molar-refractivity contribution in [2.75, 3.05) is 36.4 Å². The van der Waals surface area contributed by atoms with Gasteiger partial charge < -0.3 is 20.9 Å². The second kappa shape index (κ2) is 10.9. The minimum Gasteiger partial charge on any atom is -0.383 e. The number of thiophene rings is 1. The molecule has 5 rings (SSSR count). The highest BCUT2D eigenvalue weighted by molar-refractivity contribution is 7.12. The lowest BCUT2D eigenvalue weighted by molar-refractivity contribution is 0.0748. The summed E-state index contributed by atoms with van der Waals surface area (Å²) in [5.74, 6) is 0.587. The molecule has 188 valence electrons. The van der Waals surface area contributed by atoms with Crippen LogP contribution in [0.3, 0.4) is 0 Å². The number of rotatable bonds is 6. The summed E-state index contributed by atoms with van der Waals surface area (Å²) >= 11 is 1.58. The number of aliphatic imine (C=N–C) groups is 1. The lowest BCUT2D eigenvalue weighted by atomic mass is 10.1. The molecule has 1 amide bonds. The van der Waals surface area contributed by atoms with Gasteiger partial charge in [-0.15, -0.1) is 11.3 Å². The molecule has 0 atom stereocenters. The number of benzene rings is 3. The van der Waals surface area contributed by atoms with Gasteiger partial charge >= 0.3 is 0 Å². The molecule has 0 radical (unpaired) electrons. The molecule has 7 heteroatoms. The van der Waals surface area contributed by atoms with Crippen molar-refractivity contribution in [2.45, 2.75) is 13.8 Å². The molecule has 3 aromatic carbocycles. The maximum Gasteiger partial charge on any atom is 0.256 e. The lowest BCUT2D eigenvalue weighted by Crippen LogP contribution is -2.48. The van der Waals surface area contributed by atoms with Crippen molar-refractivity contribution in [3.8, 4) is 0 Å². The van der Waals surface area contributed by atoms with Crippen LogP contribution in [0.25, 0.3) is 0 Å². The average molecular weight is 510 g/mol. The number of hydrogen-bond acceptors (Lipinski definition) is 5. The van der Waals surface area contributed by atoms with Gasteiger partial charge in [0.15, 0.2) is 0 Å². The fourth-order valence-corrected chi connectivity index (χ4v) is 5.13. The first-order valence-electron chi connectivity index (χ1n) is 12.4. The highest BCUT2D eigenvalue weighted by Gasteiger charge is 2.24. The van der Waals surface area contributed by atoms with E-state index < -0.39 is 0 Å². The summed E-state index contributed by atoms with van der Waals surface area (Å²) in [6, 6.07) is 26.0. The number of amidine groups is 1. The van der Waals surface area contributed by atoms with Gasteiger partial charge in [0.2, 0.25) is 0 Å². The third-order valence-electron chi connectivity index (χ3n) is 6.84. The second-order valence-corrected chi connectivity index (χ2v) is 10.1. The van der Waals surface area contributed by atoms with Crippen molar-refractivity contribution in [3.63, 3.8) is 0 Å². The number of carbonyl (C=O) groups is 1. The van der Waals surface area contributed by atoms with E-state index in [9.17, 15) is 4.79 Å². The molecule has 2 heterocycles. The molecule has 0 unspecified atom stereocenters. The Kier molecular flexibility index (Phi) is 7.23. The normalized spacial score (nSPS) is 14.1. The summed E-state index contributed by atoms with van der Waals surface area (Å²) in [6.07, 6.45) is 0. The van der Waals surface area contributed by atoms with Crippen molar-refractivity contribution in [2.24, 2.45) is 10.7 Å². The maximum absolute atomic E-state index is 13.5. The van der Waals surface area contributed by atoms with Gasteiger partial charge in [-0.1, -0.05) is 30.3 Å². The molecule has 1 aliphatic heterocycles. The number of amides is 1. The van der Waals surface area contributed by atoms with Crippen LogP contribution in [0.5, 0.6) is 0 Å². The maximum atomic E-state index is 13.5. The van der Waals surface area contributed by atoms with Gasteiger partial charge in [-0.3, -0.25) is 4.79 Å². The molecule has 0 bridgehead atoms. The Balaban J connectivity index is 1.23. The molecule has 0 spiro atoms. The van der Waals surface area contributed by atoms with Crippen molar-refractivity contribution in [1.82, 2.24) is 4.90 Å². The number of anilines is 3. The summed E-state index contributed by atoms with van der Waals surface area (Å²) in [7, 11) is 0. The van der Waals surface area contributed by atoms with Crippen molar-refractivity contribution in [3.05, 3.63) is 106 Å².